The molecule has 2 heterocycles. The van der Waals surface area contributed by atoms with Crippen LogP contribution in [0.5, 0.6) is 0 Å². The summed E-state index contributed by atoms with van der Waals surface area (Å²) >= 11 is 1.85. The largest absolute Gasteiger partial charge is 0.343 e. The lowest BCUT2D eigenvalue weighted by Gasteiger charge is -2.04. The summed E-state index contributed by atoms with van der Waals surface area (Å²) in [7, 11) is 0. The van der Waals surface area contributed by atoms with Gasteiger partial charge in [-0.2, -0.15) is 0 Å². The summed E-state index contributed by atoms with van der Waals surface area (Å²) in [5.74, 6) is 1.08. The van der Waals surface area contributed by atoms with Gasteiger partial charge in [-0.3, -0.25) is 0 Å². The van der Waals surface area contributed by atoms with Crippen LogP contribution in [0.4, 0.5) is 0 Å². The Kier molecular flexibility index (Phi) is 3.02. The fourth-order valence-electron chi connectivity index (χ4n) is 1.92. The molecular weight excluding hydrogens is 242 g/mol. The average molecular weight is 255 g/mol. The third-order valence-corrected chi connectivity index (χ3v) is 3.63. The zero-order chi connectivity index (χ0) is 12.4. The molecule has 1 N–H and O–H groups in total. The zero-order valence-electron chi connectivity index (χ0n) is 10.1. The normalized spacial score (nSPS) is 10.9. The number of pyridine rings is 1. The predicted octanol–water partition coefficient (Wildman–Crippen LogP) is 3.74. The number of hydrogen-bond acceptors (Lipinski definition) is 3. The molecule has 0 radical (unpaired) electrons. The fourth-order valence-corrected chi connectivity index (χ4v) is 2.64. The Labute approximate surface area is 110 Å². The minimum Gasteiger partial charge on any atom is -0.343 e. The topological polar surface area (TPSA) is 41.6 Å². The van der Waals surface area contributed by atoms with Crippen LogP contribution in [-0.4, -0.2) is 20.7 Å². The van der Waals surface area contributed by atoms with Crippen molar-refractivity contribution < 1.29 is 0 Å². The second-order valence-electron chi connectivity index (χ2n) is 3.96. The molecule has 3 nitrogen and oxygen atoms in total. The molecular formula is C14H13N3S. The van der Waals surface area contributed by atoms with Crippen molar-refractivity contribution in [2.75, 3.05) is 5.75 Å². The van der Waals surface area contributed by atoms with Crippen LogP contribution in [0.3, 0.4) is 0 Å². The number of rotatable bonds is 3. The van der Waals surface area contributed by atoms with Crippen molar-refractivity contribution in [3.05, 3.63) is 42.9 Å². The van der Waals surface area contributed by atoms with E-state index in [9.17, 15) is 0 Å². The smallest absolute Gasteiger partial charge is 0.177 e. The summed E-state index contributed by atoms with van der Waals surface area (Å²) in [6.07, 6.45) is 3.55. The highest BCUT2D eigenvalue weighted by atomic mass is 32.2. The van der Waals surface area contributed by atoms with Crippen LogP contribution >= 0.6 is 11.8 Å². The van der Waals surface area contributed by atoms with Crippen LogP contribution in [0.1, 0.15) is 6.92 Å². The van der Waals surface area contributed by atoms with Gasteiger partial charge in [-0.25, -0.2) is 9.97 Å². The van der Waals surface area contributed by atoms with Crippen LogP contribution in [-0.2, 0) is 0 Å². The van der Waals surface area contributed by atoms with E-state index in [-0.39, 0.29) is 0 Å². The molecule has 0 unspecified atom stereocenters. The molecule has 0 aliphatic rings. The molecule has 0 spiro atoms. The van der Waals surface area contributed by atoms with Crippen molar-refractivity contribution in [3.63, 3.8) is 0 Å². The van der Waals surface area contributed by atoms with Crippen molar-refractivity contribution in [3.8, 4) is 11.1 Å². The van der Waals surface area contributed by atoms with Crippen molar-refractivity contribution in [2.24, 2.45) is 0 Å². The molecule has 0 aliphatic carbocycles. The number of H-pyrrole nitrogens is 1. The summed E-state index contributed by atoms with van der Waals surface area (Å²) in [6.45, 7) is 2.16. The number of hydrogen-bond donors (Lipinski definition) is 1. The lowest BCUT2D eigenvalue weighted by molar-refractivity contribution is 1.30. The standard InChI is InChI=1S/C14H13N3S/c1-2-18-12-5-3-4-10(6-12)11-7-13-14(15-8-11)17-9-16-13/h3-9H,2H2,1H3,(H,15,16,17). The highest BCUT2D eigenvalue weighted by Gasteiger charge is 2.03. The van der Waals surface area contributed by atoms with Gasteiger partial charge in [-0.05, 0) is 29.5 Å². The number of fused-ring (bicyclic) bond motifs is 1. The lowest BCUT2D eigenvalue weighted by Crippen LogP contribution is -1.83. The molecule has 4 heteroatoms. The number of thioether (sulfide) groups is 1. The van der Waals surface area contributed by atoms with E-state index in [0.717, 1.165) is 22.5 Å². The quantitative estimate of drug-likeness (QED) is 0.725. The number of nitrogens with zero attached hydrogens (tertiary/aromatic N) is 2. The first-order valence-corrected chi connectivity index (χ1v) is 6.88. The van der Waals surface area contributed by atoms with Gasteiger partial charge < -0.3 is 4.98 Å². The summed E-state index contributed by atoms with van der Waals surface area (Å²) in [4.78, 5) is 12.9. The molecule has 3 rings (SSSR count). The van der Waals surface area contributed by atoms with Crippen LogP contribution in [0, 0.1) is 0 Å². The molecule has 2 aromatic heterocycles. The van der Waals surface area contributed by atoms with Gasteiger partial charge in [0.2, 0.25) is 0 Å². The Hall–Kier alpha value is -1.81. The van der Waals surface area contributed by atoms with Crippen LogP contribution in [0.15, 0.2) is 47.8 Å². The molecule has 0 saturated heterocycles. The monoisotopic (exact) mass is 255 g/mol. The van der Waals surface area contributed by atoms with Crippen molar-refractivity contribution >= 4 is 22.9 Å². The van der Waals surface area contributed by atoms with Crippen LogP contribution in [0.2, 0.25) is 0 Å². The highest BCUT2D eigenvalue weighted by Crippen LogP contribution is 2.26. The molecule has 0 amide bonds. The summed E-state index contributed by atoms with van der Waals surface area (Å²) in [6, 6.07) is 10.6. The molecule has 0 saturated carbocycles. The third kappa shape index (κ3) is 2.11. The zero-order valence-corrected chi connectivity index (χ0v) is 10.9. The summed E-state index contributed by atoms with van der Waals surface area (Å²) in [5.41, 5.74) is 4.04. The maximum absolute atomic E-state index is 4.34. The molecule has 18 heavy (non-hydrogen) atoms. The Morgan fingerprint density at radius 2 is 2.11 bits per heavy atom. The predicted molar refractivity (Wildman–Crippen MR) is 75.7 cm³/mol. The van der Waals surface area contributed by atoms with E-state index >= 15 is 0 Å². The molecule has 1 aromatic carbocycles. The van der Waals surface area contributed by atoms with E-state index in [4.69, 9.17) is 0 Å². The number of aromatic amines is 1. The fraction of sp³-hybridized carbons (Fsp3) is 0.143. The van der Waals surface area contributed by atoms with Crippen molar-refractivity contribution in [1.82, 2.24) is 15.0 Å². The van der Waals surface area contributed by atoms with E-state index in [1.165, 1.54) is 10.5 Å². The van der Waals surface area contributed by atoms with Gasteiger partial charge in [0.1, 0.15) is 0 Å². The number of benzene rings is 1. The van der Waals surface area contributed by atoms with Crippen molar-refractivity contribution in [1.29, 1.82) is 0 Å². The highest BCUT2D eigenvalue weighted by molar-refractivity contribution is 7.99. The van der Waals surface area contributed by atoms with E-state index < -0.39 is 0 Å². The second kappa shape index (κ2) is 4.82. The molecule has 90 valence electrons. The number of aromatic nitrogens is 3. The lowest BCUT2D eigenvalue weighted by atomic mass is 10.1. The first kappa shape index (κ1) is 11.3. The minimum atomic E-state index is 0.762. The van der Waals surface area contributed by atoms with E-state index in [0.29, 0.717) is 0 Å². The Morgan fingerprint density at radius 3 is 3.00 bits per heavy atom. The van der Waals surface area contributed by atoms with Crippen LogP contribution in [0.25, 0.3) is 22.3 Å². The van der Waals surface area contributed by atoms with Crippen LogP contribution < -0.4 is 0 Å². The molecule has 0 aliphatic heterocycles. The Morgan fingerprint density at radius 1 is 1.17 bits per heavy atom. The van der Waals surface area contributed by atoms with E-state index in [1.807, 2.05) is 18.0 Å². The maximum Gasteiger partial charge on any atom is 0.177 e. The van der Waals surface area contributed by atoms with Gasteiger partial charge in [-0.1, -0.05) is 19.1 Å². The first-order chi connectivity index (χ1) is 8.86. The Bertz CT molecular complexity index is 675. The average Bonchev–Trinajstić information content (AvgIpc) is 2.86. The SMILES string of the molecule is CCSc1cccc(-c2cnc3nc[nH]c3c2)c1. The van der Waals surface area contributed by atoms with Gasteiger partial charge in [0.05, 0.1) is 11.8 Å². The Balaban J connectivity index is 2.04. The molecule has 0 fully saturated rings. The van der Waals surface area contributed by atoms with Gasteiger partial charge in [0.15, 0.2) is 5.65 Å². The van der Waals surface area contributed by atoms with E-state index in [2.05, 4.69) is 52.2 Å². The molecule has 3 aromatic rings. The van der Waals surface area contributed by atoms with Gasteiger partial charge >= 0.3 is 0 Å². The number of nitrogens with one attached hydrogen (secondary N) is 1. The van der Waals surface area contributed by atoms with Gasteiger partial charge in [-0.15, -0.1) is 11.8 Å². The maximum atomic E-state index is 4.34. The third-order valence-electron chi connectivity index (χ3n) is 2.75. The summed E-state index contributed by atoms with van der Waals surface area (Å²) < 4.78 is 0. The number of imidazole rings is 1. The van der Waals surface area contributed by atoms with E-state index in [1.54, 1.807) is 6.33 Å². The molecule has 0 atom stereocenters. The van der Waals surface area contributed by atoms with Gasteiger partial charge in [0.25, 0.3) is 0 Å². The first-order valence-electron chi connectivity index (χ1n) is 5.89. The minimum absolute atomic E-state index is 0.762. The summed E-state index contributed by atoms with van der Waals surface area (Å²) in [5, 5.41) is 0. The van der Waals surface area contributed by atoms with Gasteiger partial charge in [0, 0.05) is 16.7 Å². The second-order valence-corrected chi connectivity index (χ2v) is 5.30. The molecule has 0 bridgehead atoms. The van der Waals surface area contributed by atoms with Crippen molar-refractivity contribution in [2.45, 2.75) is 11.8 Å².